The van der Waals surface area contributed by atoms with E-state index < -0.39 is 167 Å². The fourth-order valence-electron chi connectivity index (χ4n) is 7.82. The molecule has 0 aromatic carbocycles. The second kappa shape index (κ2) is 37.2. The lowest BCUT2D eigenvalue weighted by molar-refractivity contribution is -0.161. The van der Waals surface area contributed by atoms with Gasteiger partial charge in [0.25, 0.3) is 0 Å². The molecule has 0 aromatic heterocycles. The van der Waals surface area contributed by atoms with Crippen molar-refractivity contribution in [3.05, 3.63) is 0 Å². The van der Waals surface area contributed by atoms with E-state index in [1.807, 2.05) is 0 Å². The van der Waals surface area contributed by atoms with Crippen LogP contribution in [0.2, 0.25) is 0 Å². The van der Waals surface area contributed by atoms with E-state index in [1.54, 1.807) is 125 Å². The maximum atomic E-state index is 14.0. The third kappa shape index (κ3) is 43.1. The largest absolute Gasteiger partial charge is 0.481 e. The number of hydrogen-bond acceptors (Lipinski definition) is 18. The first-order valence-electron chi connectivity index (χ1n) is 30.0. The first-order valence-corrected chi connectivity index (χ1v) is 30.0. The van der Waals surface area contributed by atoms with Crippen molar-refractivity contribution in [1.82, 2.24) is 31.9 Å². The third-order valence-corrected chi connectivity index (χ3v) is 11.4. The number of carboxylic acid groups (broad SMARTS) is 1. The summed E-state index contributed by atoms with van der Waals surface area (Å²) in [6, 6.07) is -7.29. The van der Waals surface area contributed by atoms with Crippen LogP contribution in [0, 0.1) is 0 Å². The van der Waals surface area contributed by atoms with Crippen molar-refractivity contribution < 1.29 is 91.1 Å². The van der Waals surface area contributed by atoms with Crippen LogP contribution < -0.4 is 31.9 Å². The maximum Gasteiger partial charge on any atom is 0.408 e. The van der Waals surface area contributed by atoms with E-state index in [2.05, 4.69) is 31.9 Å². The van der Waals surface area contributed by atoms with Gasteiger partial charge < -0.3 is 65.4 Å². The van der Waals surface area contributed by atoms with Gasteiger partial charge in [-0.3, -0.25) is 33.6 Å². The van der Waals surface area contributed by atoms with E-state index in [1.165, 1.54) is 0 Å². The minimum atomic E-state index is -1.56. The first kappa shape index (κ1) is 79.4. The van der Waals surface area contributed by atoms with E-state index in [9.17, 15) is 57.5 Å². The van der Waals surface area contributed by atoms with Crippen LogP contribution in [0.3, 0.4) is 0 Å². The van der Waals surface area contributed by atoms with Crippen LogP contribution in [0.4, 0.5) is 4.79 Å². The Labute approximate surface area is 509 Å². The van der Waals surface area contributed by atoms with Gasteiger partial charge in [0.15, 0.2) is 0 Å². The standard InChI is InChI=1S/C61H106N6O19/c1-56(2,3)81-49(74)36-32-41(53(78)84-59(10,11)12)65-45(69)34-30-39(51(76)82-57(4,5)6)63-44(68)33-29-40(52(77)83-58(7,8)9)64-46(70)35-31-42(54(79)85-60(13,14)15)66-50(75)43(67-55(80)86-61(16,17)18)38-47(71)62-37-27-25-23-21-19-20-22-24-26-28-48(72)73/h39-43H,19-38H2,1-18H3,(H,62,71)(H,63,68)(H,64,70)(H,65,69)(H,66,75)(H,67,80)(H,72,73)/t39?,40-,41-,42?,43-/m0/s1. The highest BCUT2D eigenvalue weighted by molar-refractivity contribution is 5.94. The summed E-state index contributed by atoms with van der Waals surface area (Å²) in [7, 11) is 0. The predicted molar refractivity (Wildman–Crippen MR) is 318 cm³/mol. The van der Waals surface area contributed by atoms with E-state index in [-0.39, 0.29) is 38.6 Å². The molecule has 5 atom stereocenters. The molecule has 494 valence electrons. The average molecular weight is 1230 g/mol. The zero-order chi connectivity index (χ0) is 66.4. The molecule has 0 aromatic rings. The molecule has 25 nitrogen and oxygen atoms in total. The number of esters is 5. The van der Waals surface area contributed by atoms with Crippen molar-refractivity contribution in [2.45, 2.75) is 310 Å². The van der Waals surface area contributed by atoms with Crippen molar-refractivity contribution in [3.8, 4) is 0 Å². The number of carbonyl (C=O) groups is 12. The summed E-state index contributed by atoms with van der Waals surface area (Å²) in [5.41, 5.74) is -5.91. The van der Waals surface area contributed by atoms with Crippen molar-refractivity contribution in [2.24, 2.45) is 0 Å². The van der Waals surface area contributed by atoms with Crippen LogP contribution in [0.15, 0.2) is 0 Å². The molecule has 0 radical (unpaired) electrons. The Balaban J connectivity index is 6.36. The van der Waals surface area contributed by atoms with Gasteiger partial charge >= 0.3 is 41.9 Å². The van der Waals surface area contributed by atoms with Crippen LogP contribution >= 0.6 is 0 Å². The Morgan fingerprint density at radius 3 is 0.953 bits per heavy atom. The van der Waals surface area contributed by atoms with E-state index in [0.717, 1.165) is 44.9 Å². The van der Waals surface area contributed by atoms with Gasteiger partial charge in [0, 0.05) is 38.6 Å². The van der Waals surface area contributed by atoms with E-state index in [0.29, 0.717) is 12.8 Å². The van der Waals surface area contributed by atoms with Gasteiger partial charge in [0.2, 0.25) is 29.5 Å². The lowest BCUT2D eigenvalue weighted by Crippen LogP contribution is -2.54. The number of alkyl carbamates (subject to hydrolysis) is 1. The van der Waals surface area contributed by atoms with Crippen LogP contribution in [-0.2, 0) is 81.2 Å². The molecule has 2 unspecified atom stereocenters. The highest BCUT2D eigenvalue weighted by atomic mass is 16.6. The summed E-state index contributed by atoms with van der Waals surface area (Å²) in [5, 5.41) is 24.1. The summed E-state index contributed by atoms with van der Waals surface area (Å²) in [6.45, 7) is 29.3. The molecule has 0 aliphatic rings. The molecule has 0 spiro atoms. The molecule has 0 bridgehead atoms. The van der Waals surface area contributed by atoms with Gasteiger partial charge in [-0.1, -0.05) is 44.9 Å². The molecule has 25 heteroatoms. The topological polar surface area (TPSA) is 353 Å². The molecule has 7 N–H and O–H groups in total. The van der Waals surface area contributed by atoms with Crippen LogP contribution in [0.5, 0.6) is 0 Å². The number of rotatable bonds is 36. The molecule has 0 aliphatic heterocycles. The number of carbonyl (C=O) groups excluding carboxylic acids is 11. The molecule has 0 saturated carbocycles. The highest BCUT2D eigenvalue weighted by Gasteiger charge is 2.36. The lowest BCUT2D eigenvalue weighted by atomic mass is 10.1. The minimum absolute atomic E-state index is 0.166. The fraction of sp³-hybridized carbons (Fsp3) is 0.803. The number of hydrogen-bond donors (Lipinski definition) is 7. The molecular formula is C61H106N6O19. The summed E-state index contributed by atoms with van der Waals surface area (Å²) >= 11 is 0. The second-order valence-corrected chi connectivity index (χ2v) is 27.4. The van der Waals surface area contributed by atoms with Gasteiger partial charge in [-0.05, 0) is 163 Å². The summed E-state index contributed by atoms with van der Waals surface area (Å²) in [4.78, 5) is 158. The molecule has 86 heavy (non-hydrogen) atoms. The van der Waals surface area contributed by atoms with Gasteiger partial charge in [-0.25, -0.2) is 24.0 Å². The Bertz CT molecular complexity index is 2250. The van der Waals surface area contributed by atoms with Crippen molar-refractivity contribution in [1.29, 1.82) is 0 Å². The van der Waals surface area contributed by atoms with Crippen molar-refractivity contribution in [3.63, 3.8) is 0 Å². The smallest absolute Gasteiger partial charge is 0.408 e. The Kier molecular flexibility index (Phi) is 34.4. The van der Waals surface area contributed by atoms with Crippen molar-refractivity contribution >= 4 is 71.4 Å². The van der Waals surface area contributed by atoms with Crippen molar-refractivity contribution in [2.75, 3.05) is 6.54 Å². The average Bonchev–Trinajstić information content (AvgIpc) is 3.43. The third-order valence-electron chi connectivity index (χ3n) is 11.4. The summed E-state index contributed by atoms with van der Waals surface area (Å²) in [6.07, 6.45) is 3.52. The summed E-state index contributed by atoms with van der Waals surface area (Å²) in [5.74, 6) is -8.92. The number of amides is 6. The predicted octanol–water partition coefficient (Wildman–Crippen LogP) is 7.14. The minimum Gasteiger partial charge on any atom is -0.481 e. The zero-order valence-electron chi connectivity index (χ0n) is 54.8. The quantitative estimate of drug-likeness (QED) is 0.0186. The normalized spacial score (nSPS) is 13.8. The van der Waals surface area contributed by atoms with Gasteiger partial charge in [-0.2, -0.15) is 0 Å². The molecule has 0 fully saturated rings. The SMILES string of the molecule is CC(C)(C)OC(=O)CC[C@H](NC(=O)CCC(NC(=O)CC[C@H](NC(=O)CCC(NC(=O)[C@H](CC(=O)NCCCCCCCCCCCC(=O)O)NC(=O)OC(C)(C)C)C(=O)OC(C)(C)C)C(=O)OC(C)(C)C)C(=O)OC(C)(C)C)C(=O)OC(C)(C)C. The van der Waals surface area contributed by atoms with Crippen LogP contribution in [0.25, 0.3) is 0 Å². The van der Waals surface area contributed by atoms with Gasteiger partial charge in [-0.15, -0.1) is 0 Å². The molecule has 0 saturated heterocycles. The monoisotopic (exact) mass is 1230 g/mol. The molecule has 0 heterocycles. The highest BCUT2D eigenvalue weighted by Crippen LogP contribution is 2.19. The molecule has 6 amide bonds. The first-order chi connectivity index (χ1) is 39.2. The van der Waals surface area contributed by atoms with E-state index in [4.69, 9.17) is 33.5 Å². The number of aliphatic carboxylic acids is 1. The Morgan fingerprint density at radius 1 is 0.326 bits per heavy atom. The second-order valence-electron chi connectivity index (χ2n) is 27.4. The maximum absolute atomic E-state index is 14.0. The number of carboxylic acids is 1. The molecule has 0 rings (SSSR count). The molecule has 0 aliphatic carbocycles. The number of unbranched alkanes of at least 4 members (excludes halogenated alkanes) is 8. The lowest BCUT2D eigenvalue weighted by Gasteiger charge is -2.27. The fourth-order valence-corrected chi connectivity index (χ4v) is 7.82. The Morgan fingerprint density at radius 2 is 0.628 bits per heavy atom. The Hall–Kier alpha value is -6.56. The number of ether oxygens (including phenoxy) is 6. The van der Waals surface area contributed by atoms with Crippen LogP contribution in [0.1, 0.15) is 247 Å². The van der Waals surface area contributed by atoms with E-state index >= 15 is 0 Å². The number of nitrogens with one attached hydrogen (secondary N) is 6. The van der Waals surface area contributed by atoms with Crippen LogP contribution in [-0.4, -0.2) is 147 Å². The van der Waals surface area contributed by atoms with Gasteiger partial charge in [0.05, 0.1) is 6.42 Å². The molecular weight excluding hydrogens is 1120 g/mol. The summed E-state index contributed by atoms with van der Waals surface area (Å²) < 4.78 is 32.9. The van der Waals surface area contributed by atoms with Gasteiger partial charge in [0.1, 0.15) is 63.8 Å². The zero-order valence-corrected chi connectivity index (χ0v) is 54.8.